The third-order valence-electron chi connectivity index (χ3n) is 6.65. The molecule has 5 rings (SSSR count). The number of carbonyl (C=O) groups excluding carboxylic acids is 1. The maximum atomic E-state index is 13.8. The Balaban J connectivity index is 1.43. The van der Waals surface area contributed by atoms with Gasteiger partial charge >= 0.3 is 0 Å². The second kappa shape index (κ2) is 13.7. The summed E-state index contributed by atoms with van der Waals surface area (Å²) in [6.07, 6.45) is 0. The number of nitrogens with one attached hydrogen (secondary N) is 1. The van der Waals surface area contributed by atoms with Crippen molar-refractivity contribution < 1.29 is 23.6 Å². The van der Waals surface area contributed by atoms with E-state index in [2.05, 4.69) is 17.4 Å². The zero-order valence-corrected chi connectivity index (χ0v) is 23.9. The normalized spacial score (nSPS) is 11.4. The number of hydrogen-bond acceptors (Lipinski definition) is 6. The molecule has 43 heavy (non-hydrogen) atoms. The van der Waals surface area contributed by atoms with Gasteiger partial charge < -0.3 is 14.8 Å². The predicted molar refractivity (Wildman–Crippen MR) is 164 cm³/mol. The van der Waals surface area contributed by atoms with E-state index in [-0.39, 0.29) is 17.0 Å². The molecule has 0 fully saturated rings. The fourth-order valence-electron chi connectivity index (χ4n) is 4.39. The van der Waals surface area contributed by atoms with Crippen LogP contribution in [0.15, 0.2) is 126 Å². The molecule has 7 nitrogen and oxygen atoms in total. The van der Waals surface area contributed by atoms with Gasteiger partial charge in [0.25, 0.3) is 11.6 Å². The number of amides is 1. The maximum Gasteiger partial charge on any atom is 0.270 e. The van der Waals surface area contributed by atoms with Crippen LogP contribution >= 0.6 is 11.8 Å². The van der Waals surface area contributed by atoms with Gasteiger partial charge in [0.1, 0.15) is 23.1 Å². The van der Waals surface area contributed by atoms with Gasteiger partial charge in [-0.1, -0.05) is 54.6 Å². The first-order valence-corrected chi connectivity index (χ1v) is 14.3. The van der Waals surface area contributed by atoms with Gasteiger partial charge in [-0.3, -0.25) is 14.9 Å². The molecular weight excluding hydrogens is 567 g/mol. The van der Waals surface area contributed by atoms with E-state index < -0.39 is 22.7 Å². The van der Waals surface area contributed by atoms with Crippen LogP contribution in [-0.2, 0) is 5.75 Å². The van der Waals surface area contributed by atoms with E-state index in [1.165, 1.54) is 35.9 Å². The first-order chi connectivity index (χ1) is 20.9. The first kappa shape index (κ1) is 29.3. The predicted octanol–water partition coefficient (Wildman–Crippen LogP) is 8.35. The summed E-state index contributed by atoms with van der Waals surface area (Å²) >= 11 is 1.69. The SMILES string of the molecule is COc1ccc(Oc2ccc([N+](=O)[O-])cc2C(=O)NC(c2ccc(F)cc2)c2ccc(SCc3ccccc3)cc2)cc1. The number of thioether (sulfide) groups is 1. The Morgan fingerprint density at radius 2 is 1.49 bits per heavy atom. The van der Waals surface area contributed by atoms with Crippen LogP contribution in [0.5, 0.6) is 17.2 Å². The van der Waals surface area contributed by atoms with Crippen molar-refractivity contribution >= 4 is 23.4 Å². The Morgan fingerprint density at radius 3 is 2.12 bits per heavy atom. The molecule has 216 valence electrons. The Kier molecular flexibility index (Phi) is 9.33. The van der Waals surface area contributed by atoms with Gasteiger partial charge in [-0.25, -0.2) is 4.39 Å². The first-order valence-electron chi connectivity index (χ1n) is 13.3. The smallest absolute Gasteiger partial charge is 0.270 e. The number of methoxy groups -OCH3 is 1. The van der Waals surface area contributed by atoms with Gasteiger partial charge in [-0.05, 0) is 71.3 Å². The van der Waals surface area contributed by atoms with Crippen LogP contribution < -0.4 is 14.8 Å². The van der Waals surface area contributed by atoms with E-state index in [1.807, 2.05) is 42.5 Å². The fourth-order valence-corrected chi connectivity index (χ4v) is 5.24. The van der Waals surface area contributed by atoms with Crippen molar-refractivity contribution in [2.75, 3.05) is 7.11 Å². The van der Waals surface area contributed by atoms with Gasteiger partial charge in [-0.15, -0.1) is 11.8 Å². The number of nitro benzene ring substituents is 1. The van der Waals surface area contributed by atoms with E-state index in [0.29, 0.717) is 17.1 Å². The van der Waals surface area contributed by atoms with Crippen molar-refractivity contribution in [3.63, 3.8) is 0 Å². The molecule has 1 atom stereocenters. The molecule has 0 aliphatic carbocycles. The molecule has 0 aromatic heterocycles. The summed E-state index contributed by atoms with van der Waals surface area (Å²) in [5.74, 6) is 0.989. The van der Waals surface area contributed by atoms with Crippen molar-refractivity contribution in [2.45, 2.75) is 16.7 Å². The second-order valence-corrected chi connectivity index (χ2v) is 10.6. The molecule has 1 N–H and O–H groups in total. The highest BCUT2D eigenvalue weighted by atomic mass is 32.2. The second-order valence-electron chi connectivity index (χ2n) is 9.52. The summed E-state index contributed by atoms with van der Waals surface area (Å²) in [6.45, 7) is 0. The molecule has 0 saturated heterocycles. The summed E-state index contributed by atoms with van der Waals surface area (Å²) in [4.78, 5) is 25.8. The van der Waals surface area contributed by atoms with Crippen molar-refractivity contribution in [1.82, 2.24) is 5.32 Å². The highest BCUT2D eigenvalue weighted by molar-refractivity contribution is 7.98. The molecule has 0 aliphatic heterocycles. The topological polar surface area (TPSA) is 90.7 Å². The van der Waals surface area contributed by atoms with Crippen LogP contribution in [0.4, 0.5) is 10.1 Å². The Hall–Kier alpha value is -5.15. The molecule has 5 aromatic rings. The van der Waals surface area contributed by atoms with Crippen LogP contribution in [0.25, 0.3) is 0 Å². The zero-order chi connectivity index (χ0) is 30.2. The number of ether oxygens (including phenoxy) is 2. The fraction of sp³-hybridized carbons (Fsp3) is 0.0882. The lowest BCUT2D eigenvalue weighted by molar-refractivity contribution is -0.384. The van der Waals surface area contributed by atoms with E-state index in [0.717, 1.165) is 16.2 Å². The van der Waals surface area contributed by atoms with E-state index in [9.17, 15) is 19.3 Å². The Labute approximate surface area is 252 Å². The van der Waals surface area contributed by atoms with Gasteiger partial charge in [0.2, 0.25) is 0 Å². The minimum atomic E-state index is -0.672. The molecule has 0 bridgehead atoms. The highest BCUT2D eigenvalue weighted by Crippen LogP contribution is 2.32. The summed E-state index contributed by atoms with van der Waals surface area (Å²) in [7, 11) is 1.54. The summed E-state index contributed by atoms with van der Waals surface area (Å²) in [5, 5.41) is 14.6. The maximum absolute atomic E-state index is 13.8. The largest absolute Gasteiger partial charge is 0.497 e. The van der Waals surface area contributed by atoms with E-state index in [4.69, 9.17) is 9.47 Å². The molecule has 5 aromatic carbocycles. The number of rotatable bonds is 11. The molecule has 0 aliphatic rings. The average molecular weight is 595 g/mol. The van der Waals surface area contributed by atoms with Crippen LogP contribution in [0.3, 0.4) is 0 Å². The lowest BCUT2D eigenvalue weighted by Crippen LogP contribution is -2.29. The zero-order valence-electron chi connectivity index (χ0n) is 23.1. The molecule has 1 unspecified atom stereocenters. The van der Waals surface area contributed by atoms with Gasteiger partial charge in [0.15, 0.2) is 0 Å². The van der Waals surface area contributed by atoms with Gasteiger partial charge in [-0.2, -0.15) is 0 Å². The molecule has 0 spiro atoms. The summed E-state index contributed by atoms with van der Waals surface area (Å²) in [6, 6.07) is 33.6. The van der Waals surface area contributed by atoms with Crippen molar-refractivity contribution in [3.05, 3.63) is 160 Å². The van der Waals surface area contributed by atoms with Crippen molar-refractivity contribution in [1.29, 1.82) is 0 Å². The molecule has 0 radical (unpaired) electrons. The van der Waals surface area contributed by atoms with E-state index >= 15 is 0 Å². The lowest BCUT2D eigenvalue weighted by Gasteiger charge is -2.21. The minimum absolute atomic E-state index is 0.0211. The number of non-ortho nitro benzene ring substituents is 1. The molecule has 1 amide bonds. The Morgan fingerprint density at radius 1 is 0.860 bits per heavy atom. The number of halogens is 1. The molecule has 9 heteroatoms. The number of carbonyl (C=O) groups is 1. The molecular formula is C34H27FN2O5S. The third-order valence-corrected chi connectivity index (χ3v) is 7.73. The molecule has 0 saturated carbocycles. The number of nitro groups is 1. The number of nitrogens with zero attached hydrogens (tertiary/aromatic N) is 1. The molecule has 0 heterocycles. The standard InChI is InChI=1S/C34H27FN2O5S/c1-41-28-14-16-29(17-15-28)42-32-20-13-27(37(39)40)21-31(32)34(38)36-33(24-7-11-26(35)12-8-24)25-9-18-30(19-10-25)43-22-23-5-3-2-4-6-23/h2-21,33H,22H2,1H3,(H,36,38). The summed E-state index contributed by atoms with van der Waals surface area (Å²) in [5.41, 5.74) is 2.32. The highest BCUT2D eigenvalue weighted by Gasteiger charge is 2.23. The Bertz CT molecular complexity index is 1700. The third kappa shape index (κ3) is 7.58. The van der Waals surface area contributed by atoms with Gasteiger partial charge in [0.05, 0.1) is 23.6 Å². The monoisotopic (exact) mass is 594 g/mol. The average Bonchev–Trinajstić information content (AvgIpc) is 3.04. The van der Waals surface area contributed by atoms with Crippen LogP contribution in [0, 0.1) is 15.9 Å². The van der Waals surface area contributed by atoms with E-state index in [1.54, 1.807) is 55.3 Å². The van der Waals surface area contributed by atoms with Crippen LogP contribution in [0.2, 0.25) is 0 Å². The number of benzene rings is 5. The van der Waals surface area contributed by atoms with Crippen molar-refractivity contribution in [2.24, 2.45) is 0 Å². The minimum Gasteiger partial charge on any atom is -0.497 e. The summed E-state index contributed by atoms with van der Waals surface area (Å²) < 4.78 is 24.9. The van der Waals surface area contributed by atoms with Gasteiger partial charge in [0, 0.05) is 22.8 Å². The van der Waals surface area contributed by atoms with Crippen LogP contribution in [-0.4, -0.2) is 17.9 Å². The van der Waals surface area contributed by atoms with Crippen molar-refractivity contribution in [3.8, 4) is 17.2 Å². The quantitative estimate of drug-likeness (QED) is 0.0939. The van der Waals surface area contributed by atoms with Crippen LogP contribution in [0.1, 0.15) is 33.1 Å². The lowest BCUT2D eigenvalue weighted by atomic mass is 9.98. The number of hydrogen-bond donors (Lipinski definition) is 1.